The van der Waals surface area contributed by atoms with Crippen molar-refractivity contribution >= 4 is 5.97 Å². The quantitative estimate of drug-likeness (QED) is 0.587. The standard InChI is InChI=1S/C12H12O3/c1-3-4-11(13)9-5-7-10(8-6-9)12(14)15-2/h5-8,11,13H,1-2H3. The van der Waals surface area contributed by atoms with Crippen LogP contribution in [-0.4, -0.2) is 18.2 Å². The molecule has 0 heterocycles. The molecule has 0 aliphatic carbocycles. The molecule has 1 aromatic carbocycles. The largest absolute Gasteiger partial charge is 0.465 e. The van der Waals surface area contributed by atoms with Crippen LogP contribution in [0, 0.1) is 11.8 Å². The Morgan fingerprint density at radius 3 is 2.47 bits per heavy atom. The van der Waals surface area contributed by atoms with E-state index < -0.39 is 12.1 Å². The van der Waals surface area contributed by atoms with Gasteiger partial charge in [-0.15, -0.1) is 5.92 Å². The molecule has 0 saturated carbocycles. The molecule has 1 atom stereocenters. The molecule has 0 aromatic heterocycles. The van der Waals surface area contributed by atoms with Gasteiger partial charge in [-0.2, -0.15) is 0 Å². The van der Waals surface area contributed by atoms with Gasteiger partial charge in [0.25, 0.3) is 0 Å². The summed E-state index contributed by atoms with van der Waals surface area (Å²) in [5.41, 5.74) is 1.12. The number of hydrogen-bond acceptors (Lipinski definition) is 3. The van der Waals surface area contributed by atoms with Gasteiger partial charge < -0.3 is 9.84 Å². The highest BCUT2D eigenvalue weighted by molar-refractivity contribution is 5.89. The van der Waals surface area contributed by atoms with E-state index in [-0.39, 0.29) is 0 Å². The highest BCUT2D eigenvalue weighted by Crippen LogP contribution is 2.13. The van der Waals surface area contributed by atoms with Gasteiger partial charge in [-0.25, -0.2) is 4.79 Å². The molecule has 0 amide bonds. The number of carbonyl (C=O) groups excluding carboxylic acids is 1. The van der Waals surface area contributed by atoms with Crippen molar-refractivity contribution in [3.63, 3.8) is 0 Å². The summed E-state index contributed by atoms with van der Waals surface area (Å²) in [6, 6.07) is 6.51. The van der Waals surface area contributed by atoms with Crippen LogP contribution >= 0.6 is 0 Å². The van der Waals surface area contributed by atoms with Crippen LogP contribution in [-0.2, 0) is 4.74 Å². The molecule has 3 nitrogen and oxygen atoms in total. The first-order valence-corrected chi connectivity index (χ1v) is 4.47. The molecule has 0 spiro atoms. The van der Waals surface area contributed by atoms with Gasteiger partial charge in [0.15, 0.2) is 0 Å². The van der Waals surface area contributed by atoms with E-state index in [0.29, 0.717) is 11.1 Å². The van der Waals surface area contributed by atoms with Crippen LogP contribution in [0.25, 0.3) is 0 Å². The van der Waals surface area contributed by atoms with Crippen molar-refractivity contribution in [1.82, 2.24) is 0 Å². The summed E-state index contributed by atoms with van der Waals surface area (Å²) in [4.78, 5) is 11.1. The van der Waals surface area contributed by atoms with Crippen LogP contribution < -0.4 is 0 Å². The molecule has 1 rings (SSSR count). The third-order valence-electron chi connectivity index (χ3n) is 1.93. The molecule has 0 fully saturated rings. The average Bonchev–Trinajstić information content (AvgIpc) is 2.28. The van der Waals surface area contributed by atoms with E-state index in [0.717, 1.165) is 0 Å². The molecule has 1 unspecified atom stereocenters. The van der Waals surface area contributed by atoms with Crippen molar-refractivity contribution in [2.45, 2.75) is 13.0 Å². The number of carbonyl (C=O) groups is 1. The van der Waals surface area contributed by atoms with Gasteiger partial charge in [-0.1, -0.05) is 18.1 Å². The number of benzene rings is 1. The zero-order valence-electron chi connectivity index (χ0n) is 8.65. The Balaban J connectivity index is 2.88. The Bertz CT molecular complexity index is 395. The van der Waals surface area contributed by atoms with E-state index >= 15 is 0 Å². The van der Waals surface area contributed by atoms with Gasteiger partial charge in [0.1, 0.15) is 6.10 Å². The fourth-order valence-corrected chi connectivity index (χ4v) is 1.14. The Morgan fingerprint density at radius 2 is 2.00 bits per heavy atom. The monoisotopic (exact) mass is 204 g/mol. The molecule has 1 N–H and O–H groups in total. The number of esters is 1. The minimum atomic E-state index is -0.804. The zero-order valence-corrected chi connectivity index (χ0v) is 8.65. The van der Waals surface area contributed by atoms with Crippen molar-refractivity contribution in [3.05, 3.63) is 35.4 Å². The SMILES string of the molecule is CC#CC(O)c1ccc(C(=O)OC)cc1. The normalized spacial score (nSPS) is 11.1. The molecule has 0 aliphatic heterocycles. The van der Waals surface area contributed by atoms with E-state index in [1.54, 1.807) is 31.2 Å². The molecule has 15 heavy (non-hydrogen) atoms. The maximum atomic E-state index is 11.1. The van der Waals surface area contributed by atoms with Crippen molar-refractivity contribution in [3.8, 4) is 11.8 Å². The molecule has 0 bridgehead atoms. The van der Waals surface area contributed by atoms with Gasteiger partial charge >= 0.3 is 5.97 Å². The number of hydrogen-bond donors (Lipinski definition) is 1. The van der Waals surface area contributed by atoms with E-state index in [2.05, 4.69) is 16.6 Å². The van der Waals surface area contributed by atoms with Gasteiger partial charge in [0.2, 0.25) is 0 Å². The fourth-order valence-electron chi connectivity index (χ4n) is 1.14. The molecular formula is C12H12O3. The Hall–Kier alpha value is -1.79. The van der Waals surface area contributed by atoms with Crippen molar-refractivity contribution in [2.75, 3.05) is 7.11 Å². The summed E-state index contributed by atoms with van der Waals surface area (Å²) in [6.07, 6.45) is -0.804. The predicted molar refractivity (Wildman–Crippen MR) is 56.2 cm³/mol. The first-order valence-electron chi connectivity index (χ1n) is 4.47. The summed E-state index contributed by atoms with van der Waals surface area (Å²) < 4.78 is 4.55. The van der Waals surface area contributed by atoms with Crippen LogP contribution in [0.5, 0.6) is 0 Å². The van der Waals surface area contributed by atoms with Crippen LogP contribution in [0.3, 0.4) is 0 Å². The fraction of sp³-hybridized carbons (Fsp3) is 0.250. The van der Waals surface area contributed by atoms with Gasteiger partial charge in [0.05, 0.1) is 12.7 Å². The minimum Gasteiger partial charge on any atom is -0.465 e. The zero-order chi connectivity index (χ0) is 11.3. The number of aliphatic hydroxyl groups is 1. The maximum absolute atomic E-state index is 11.1. The van der Waals surface area contributed by atoms with E-state index in [1.807, 2.05) is 0 Å². The van der Waals surface area contributed by atoms with E-state index in [4.69, 9.17) is 0 Å². The molecule has 3 heteroatoms. The second-order valence-electron chi connectivity index (χ2n) is 2.91. The average molecular weight is 204 g/mol. The minimum absolute atomic E-state index is 0.391. The Kier molecular flexibility index (Phi) is 3.90. The van der Waals surface area contributed by atoms with Crippen molar-refractivity contribution in [2.24, 2.45) is 0 Å². The van der Waals surface area contributed by atoms with Crippen LogP contribution in [0.4, 0.5) is 0 Å². The number of rotatable bonds is 2. The summed E-state index contributed by atoms with van der Waals surface area (Å²) in [5.74, 6) is 4.85. The van der Waals surface area contributed by atoms with Crippen molar-refractivity contribution < 1.29 is 14.6 Å². The second kappa shape index (κ2) is 5.18. The molecular weight excluding hydrogens is 192 g/mol. The number of aliphatic hydroxyl groups excluding tert-OH is 1. The Morgan fingerprint density at radius 1 is 1.40 bits per heavy atom. The molecule has 0 aliphatic rings. The third kappa shape index (κ3) is 2.83. The Labute approximate surface area is 88.7 Å². The lowest BCUT2D eigenvalue weighted by molar-refractivity contribution is 0.0600. The van der Waals surface area contributed by atoms with Crippen LogP contribution in [0.2, 0.25) is 0 Å². The van der Waals surface area contributed by atoms with Crippen LogP contribution in [0.1, 0.15) is 28.9 Å². The lowest BCUT2D eigenvalue weighted by atomic mass is 10.1. The summed E-state index contributed by atoms with van der Waals surface area (Å²) in [5, 5.41) is 9.52. The molecule has 1 aromatic rings. The lowest BCUT2D eigenvalue weighted by Gasteiger charge is -2.04. The highest BCUT2D eigenvalue weighted by Gasteiger charge is 2.07. The first-order chi connectivity index (χ1) is 7.19. The number of methoxy groups -OCH3 is 1. The highest BCUT2D eigenvalue weighted by atomic mass is 16.5. The number of ether oxygens (including phenoxy) is 1. The molecule has 0 saturated heterocycles. The van der Waals surface area contributed by atoms with Crippen LogP contribution in [0.15, 0.2) is 24.3 Å². The van der Waals surface area contributed by atoms with Gasteiger partial charge in [-0.3, -0.25) is 0 Å². The molecule has 78 valence electrons. The summed E-state index contributed by atoms with van der Waals surface area (Å²) in [7, 11) is 1.33. The van der Waals surface area contributed by atoms with E-state index in [9.17, 15) is 9.90 Å². The molecule has 0 radical (unpaired) electrons. The summed E-state index contributed by atoms with van der Waals surface area (Å²) in [6.45, 7) is 1.66. The van der Waals surface area contributed by atoms with E-state index in [1.165, 1.54) is 7.11 Å². The first kappa shape index (κ1) is 11.3. The summed E-state index contributed by atoms with van der Waals surface area (Å²) >= 11 is 0. The lowest BCUT2D eigenvalue weighted by Crippen LogP contribution is -2.01. The third-order valence-corrected chi connectivity index (χ3v) is 1.93. The van der Waals surface area contributed by atoms with Crippen molar-refractivity contribution in [1.29, 1.82) is 0 Å². The predicted octanol–water partition coefficient (Wildman–Crippen LogP) is 1.53. The smallest absolute Gasteiger partial charge is 0.337 e. The van der Waals surface area contributed by atoms with Gasteiger partial charge in [-0.05, 0) is 24.6 Å². The maximum Gasteiger partial charge on any atom is 0.337 e. The van der Waals surface area contributed by atoms with Gasteiger partial charge in [0, 0.05) is 0 Å². The topological polar surface area (TPSA) is 46.5 Å². The second-order valence-corrected chi connectivity index (χ2v) is 2.91.